The molecule has 0 saturated carbocycles. The molecule has 118 valence electrons. The summed E-state index contributed by atoms with van der Waals surface area (Å²) in [5.41, 5.74) is 12.1. The zero-order valence-electron chi connectivity index (χ0n) is 14.3. The quantitative estimate of drug-likeness (QED) is 0.506. The molecule has 0 amide bonds. The predicted molar refractivity (Wildman–Crippen MR) is 101 cm³/mol. The Morgan fingerprint density at radius 3 is 2.46 bits per heavy atom. The zero-order valence-corrected chi connectivity index (χ0v) is 14.3. The largest absolute Gasteiger partial charge is 0.0622 e. The van der Waals surface area contributed by atoms with E-state index in [4.69, 9.17) is 0 Å². The van der Waals surface area contributed by atoms with Gasteiger partial charge in [0.2, 0.25) is 0 Å². The molecule has 3 aromatic rings. The molecule has 0 bridgehead atoms. The normalized spacial score (nSPS) is 20.6. The molecule has 2 aliphatic rings. The summed E-state index contributed by atoms with van der Waals surface area (Å²) in [6.45, 7) is 4.50. The summed E-state index contributed by atoms with van der Waals surface area (Å²) in [6, 6.07) is 22.9. The minimum absolute atomic E-state index is 0.529. The summed E-state index contributed by atoms with van der Waals surface area (Å²) in [4.78, 5) is 0. The highest BCUT2D eigenvalue weighted by Crippen LogP contribution is 2.56. The number of benzene rings is 3. The Morgan fingerprint density at radius 2 is 1.62 bits per heavy atom. The van der Waals surface area contributed by atoms with E-state index in [9.17, 15) is 0 Å². The smallest absolute Gasteiger partial charge is 0.0173 e. The van der Waals surface area contributed by atoms with Crippen LogP contribution in [0.4, 0.5) is 0 Å². The number of aryl methyl sites for hydroxylation is 2. The topological polar surface area (TPSA) is 0 Å². The molecule has 0 spiro atoms. The van der Waals surface area contributed by atoms with Crippen molar-refractivity contribution in [3.8, 4) is 11.1 Å². The van der Waals surface area contributed by atoms with Gasteiger partial charge >= 0.3 is 0 Å². The van der Waals surface area contributed by atoms with E-state index in [-0.39, 0.29) is 0 Å². The van der Waals surface area contributed by atoms with Gasteiger partial charge in [0.15, 0.2) is 0 Å². The third-order valence-electron chi connectivity index (χ3n) is 6.07. The second-order valence-corrected chi connectivity index (χ2v) is 7.45. The average molecular weight is 310 g/mol. The van der Waals surface area contributed by atoms with Crippen LogP contribution < -0.4 is 0 Å². The fourth-order valence-corrected chi connectivity index (χ4v) is 4.98. The van der Waals surface area contributed by atoms with Crippen molar-refractivity contribution < 1.29 is 0 Å². The van der Waals surface area contributed by atoms with Crippen molar-refractivity contribution in [3.63, 3.8) is 0 Å². The summed E-state index contributed by atoms with van der Waals surface area (Å²) in [5.74, 6) is 1.13. The van der Waals surface area contributed by atoms with Gasteiger partial charge in [-0.05, 0) is 71.6 Å². The molecule has 0 nitrogen and oxygen atoms in total. The Balaban J connectivity index is 1.79. The van der Waals surface area contributed by atoms with Crippen LogP contribution in [0.1, 0.15) is 51.6 Å². The number of hydrogen-bond acceptors (Lipinski definition) is 0. The fourth-order valence-electron chi connectivity index (χ4n) is 4.98. The van der Waals surface area contributed by atoms with Crippen LogP contribution >= 0.6 is 0 Å². The zero-order chi connectivity index (χ0) is 16.3. The Kier molecular flexibility index (Phi) is 2.97. The third kappa shape index (κ3) is 1.86. The monoisotopic (exact) mass is 310 g/mol. The Hall–Kier alpha value is -2.34. The van der Waals surface area contributed by atoms with Gasteiger partial charge in [0.05, 0.1) is 0 Å². The first-order valence-corrected chi connectivity index (χ1v) is 9.02. The Bertz CT molecular complexity index is 934. The molecule has 2 unspecified atom stereocenters. The molecule has 0 fully saturated rings. The van der Waals surface area contributed by atoms with Gasteiger partial charge in [-0.1, -0.05) is 66.2 Å². The van der Waals surface area contributed by atoms with E-state index in [1.807, 2.05) is 0 Å². The van der Waals surface area contributed by atoms with E-state index in [0.717, 1.165) is 0 Å². The molecule has 24 heavy (non-hydrogen) atoms. The van der Waals surface area contributed by atoms with Crippen molar-refractivity contribution in [2.24, 2.45) is 0 Å². The standard InChI is InChI=1S/C24H22/c1-15-8-10-20-21-11-9-16(2)18-12-13-19(17-6-4-3-5-7-17)24(23(18)21)22(20)14-15/h3-11,14,19,24H,12-13H2,1-2H3. The maximum Gasteiger partial charge on any atom is 0.0173 e. The molecular weight excluding hydrogens is 288 g/mol. The minimum Gasteiger partial charge on any atom is -0.0622 e. The number of rotatable bonds is 1. The minimum atomic E-state index is 0.529. The highest BCUT2D eigenvalue weighted by atomic mass is 14.4. The van der Waals surface area contributed by atoms with E-state index in [1.54, 1.807) is 16.7 Å². The van der Waals surface area contributed by atoms with Gasteiger partial charge in [-0.2, -0.15) is 0 Å². The fraction of sp³-hybridized carbons (Fsp3) is 0.250. The second-order valence-electron chi connectivity index (χ2n) is 7.45. The molecule has 0 heteroatoms. The Morgan fingerprint density at radius 1 is 0.833 bits per heavy atom. The molecular formula is C24H22. The lowest BCUT2D eigenvalue weighted by Crippen LogP contribution is -2.19. The maximum atomic E-state index is 2.43. The van der Waals surface area contributed by atoms with E-state index >= 15 is 0 Å². The summed E-state index contributed by atoms with van der Waals surface area (Å²) >= 11 is 0. The summed E-state index contributed by atoms with van der Waals surface area (Å²) in [6.07, 6.45) is 2.46. The molecule has 0 heterocycles. The first-order chi connectivity index (χ1) is 11.7. The van der Waals surface area contributed by atoms with Crippen LogP contribution in [0.5, 0.6) is 0 Å². The molecule has 0 saturated heterocycles. The van der Waals surface area contributed by atoms with Crippen LogP contribution in [0.2, 0.25) is 0 Å². The van der Waals surface area contributed by atoms with Gasteiger partial charge in [0.1, 0.15) is 0 Å². The first-order valence-electron chi connectivity index (χ1n) is 9.02. The second kappa shape index (κ2) is 5.08. The highest BCUT2D eigenvalue weighted by molar-refractivity contribution is 5.82. The van der Waals surface area contributed by atoms with Crippen molar-refractivity contribution >= 4 is 0 Å². The van der Waals surface area contributed by atoms with Gasteiger partial charge in [-0.15, -0.1) is 0 Å². The summed E-state index contributed by atoms with van der Waals surface area (Å²) in [5, 5.41) is 0. The number of hydrogen-bond donors (Lipinski definition) is 0. The van der Waals surface area contributed by atoms with Crippen molar-refractivity contribution in [3.05, 3.63) is 94.0 Å². The first kappa shape index (κ1) is 14.0. The van der Waals surface area contributed by atoms with Crippen molar-refractivity contribution in [2.45, 2.75) is 38.5 Å². The van der Waals surface area contributed by atoms with Crippen molar-refractivity contribution in [2.75, 3.05) is 0 Å². The van der Waals surface area contributed by atoms with E-state index in [2.05, 4.69) is 74.5 Å². The molecule has 2 aliphatic carbocycles. The average Bonchev–Trinajstić information content (AvgIpc) is 2.94. The van der Waals surface area contributed by atoms with Crippen LogP contribution in [-0.2, 0) is 6.42 Å². The van der Waals surface area contributed by atoms with Gasteiger partial charge in [0.25, 0.3) is 0 Å². The van der Waals surface area contributed by atoms with Gasteiger partial charge < -0.3 is 0 Å². The third-order valence-corrected chi connectivity index (χ3v) is 6.07. The Labute approximate surface area is 144 Å². The predicted octanol–water partition coefficient (Wildman–Crippen LogP) is 6.15. The van der Waals surface area contributed by atoms with E-state index in [0.29, 0.717) is 11.8 Å². The SMILES string of the molecule is Cc1ccc2c(c1)C1c3c-2ccc(C)c3CCC1c1ccccc1. The lowest BCUT2D eigenvalue weighted by atomic mass is 9.70. The maximum absolute atomic E-state index is 2.43. The van der Waals surface area contributed by atoms with Crippen LogP contribution in [-0.4, -0.2) is 0 Å². The summed E-state index contributed by atoms with van der Waals surface area (Å²) < 4.78 is 0. The molecule has 0 N–H and O–H groups in total. The van der Waals surface area contributed by atoms with Crippen LogP contribution in [0.25, 0.3) is 11.1 Å². The molecule has 3 aromatic carbocycles. The van der Waals surface area contributed by atoms with Gasteiger partial charge in [-0.3, -0.25) is 0 Å². The van der Waals surface area contributed by atoms with Crippen LogP contribution in [0.15, 0.2) is 60.7 Å². The molecule has 0 radical (unpaired) electrons. The van der Waals surface area contributed by atoms with Crippen LogP contribution in [0, 0.1) is 13.8 Å². The summed E-state index contributed by atoms with van der Waals surface area (Å²) in [7, 11) is 0. The molecule has 0 aromatic heterocycles. The van der Waals surface area contributed by atoms with Gasteiger partial charge in [-0.25, -0.2) is 0 Å². The van der Waals surface area contributed by atoms with Crippen molar-refractivity contribution in [1.29, 1.82) is 0 Å². The molecule has 0 aliphatic heterocycles. The number of fused-ring (bicyclic) bond motifs is 3. The van der Waals surface area contributed by atoms with E-state index < -0.39 is 0 Å². The van der Waals surface area contributed by atoms with Crippen LogP contribution in [0.3, 0.4) is 0 Å². The lowest BCUT2D eigenvalue weighted by Gasteiger charge is -2.33. The van der Waals surface area contributed by atoms with Gasteiger partial charge in [0, 0.05) is 5.92 Å². The molecule has 5 rings (SSSR count). The molecule has 2 atom stereocenters. The van der Waals surface area contributed by atoms with E-state index in [1.165, 1.54) is 40.7 Å². The lowest BCUT2D eigenvalue weighted by molar-refractivity contribution is 0.531. The highest BCUT2D eigenvalue weighted by Gasteiger charge is 2.39. The van der Waals surface area contributed by atoms with Crippen molar-refractivity contribution in [1.82, 2.24) is 0 Å².